The van der Waals surface area contributed by atoms with Crippen LogP contribution in [0.5, 0.6) is 0 Å². The Hall–Kier alpha value is -1.19. The number of hydrogen-bond donors (Lipinski definition) is 0. The Balaban J connectivity index is 7.61. The zero-order valence-corrected chi connectivity index (χ0v) is 11.4. The van der Waals surface area contributed by atoms with E-state index in [0.29, 0.717) is 0 Å². The molecule has 1 unspecified atom stereocenters. The number of alkyl halides is 17. The molecule has 17 heteroatoms. The van der Waals surface area contributed by atoms with Gasteiger partial charge in [0.2, 0.25) is 0 Å². The average Bonchev–Trinajstić information content (AvgIpc) is 2.16. The highest BCUT2D eigenvalue weighted by Crippen LogP contribution is 2.72. The molecule has 0 aliphatic rings. The molecule has 0 radical (unpaired) electrons. The minimum Gasteiger partial charge on any atom is -0.220 e. The van der Waals surface area contributed by atoms with Gasteiger partial charge in [-0.2, -0.15) is 52.7 Å². The first kappa shape index (κ1) is 24.8. The maximum absolute atomic E-state index is 13.5. The summed E-state index contributed by atoms with van der Waals surface area (Å²) < 4.78 is 215. The largest absolute Gasteiger partial charge is 0.434 e. The molecule has 0 aromatic carbocycles. The molecule has 0 nitrogen and oxygen atoms in total. The van der Waals surface area contributed by atoms with E-state index in [2.05, 4.69) is 0 Å². The van der Waals surface area contributed by atoms with Crippen molar-refractivity contribution in [3.05, 3.63) is 0 Å². The topological polar surface area (TPSA) is 0 Å². The zero-order chi connectivity index (χ0) is 22.0. The highest BCUT2D eigenvalue weighted by Gasteiger charge is 3.01. The third kappa shape index (κ3) is 2.84. The lowest BCUT2D eigenvalue weighted by Crippen LogP contribution is -2.79. The molecule has 1 atom stereocenters. The van der Waals surface area contributed by atoms with Crippen molar-refractivity contribution < 1.29 is 74.6 Å². The fourth-order valence-electron chi connectivity index (χ4n) is 1.98. The summed E-state index contributed by atoms with van der Waals surface area (Å²) in [4.78, 5) is 0. The molecule has 0 bridgehead atoms. The summed E-state index contributed by atoms with van der Waals surface area (Å²) in [5.74, 6) is -15.7. The molecule has 26 heavy (non-hydrogen) atoms. The van der Waals surface area contributed by atoms with E-state index >= 15 is 0 Å². The third-order valence-electron chi connectivity index (χ3n) is 3.17. The zero-order valence-electron chi connectivity index (χ0n) is 11.4. The SMILES string of the molecule is CC(F)(F)C(F)(C(F)(F)F)C(F)(F)C(C(F)(F)F)(C(F)(F)F)C(F)(F)F. The first-order valence-corrected chi connectivity index (χ1v) is 5.46. The van der Waals surface area contributed by atoms with E-state index in [-0.39, 0.29) is 0 Å². The highest BCUT2D eigenvalue weighted by molar-refractivity contribution is 5.20. The Morgan fingerprint density at radius 3 is 0.731 bits per heavy atom. The normalized spacial score (nSPS) is 18.7. The predicted molar refractivity (Wildman–Crippen MR) is 46.1 cm³/mol. The van der Waals surface area contributed by atoms with Gasteiger partial charge < -0.3 is 0 Å². The molecule has 0 aliphatic carbocycles. The molecule has 0 saturated carbocycles. The van der Waals surface area contributed by atoms with Gasteiger partial charge in [0, 0.05) is 6.92 Å². The predicted octanol–water partition coefficient (Wildman–Crippen LogP) is 6.22. The van der Waals surface area contributed by atoms with Gasteiger partial charge in [0.25, 0.3) is 5.92 Å². The Labute approximate surface area is 130 Å². The maximum atomic E-state index is 13.5. The lowest BCUT2D eigenvalue weighted by Gasteiger charge is -2.49. The van der Waals surface area contributed by atoms with Crippen molar-refractivity contribution in [3.8, 4) is 0 Å². The lowest BCUT2D eigenvalue weighted by molar-refractivity contribution is -0.510. The van der Waals surface area contributed by atoms with Gasteiger partial charge in [0.15, 0.2) is 0 Å². The van der Waals surface area contributed by atoms with Crippen molar-refractivity contribution >= 4 is 0 Å². The van der Waals surface area contributed by atoms with E-state index in [1.54, 1.807) is 0 Å². The van der Waals surface area contributed by atoms with Crippen LogP contribution in [0.15, 0.2) is 0 Å². The molecular weight excluding hydrogens is 431 g/mol. The molecule has 0 spiro atoms. The molecule has 0 aromatic heterocycles. The summed E-state index contributed by atoms with van der Waals surface area (Å²) in [5.41, 5.74) is -17.0. The fourth-order valence-corrected chi connectivity index (χ4v) is 1.98. The minimum atomic E-state index is -8.83. The molecule has 0 amide bonds. The standard InChI is InChI=1S/C9H3F17/c1-2(10,11)4(12,9(24,25)26)5(13,14)3(6(15,16)17,7(18,19)20)8(21,22)23/h1H3. The van der Waals surface area contributed by atoms with Crippen LogP contribution in [0.1, 0.15) is 6.92 Å². The highest BCUT2D eigenvalue weighted by atomic mass is 19.4. The fraction of sp³-hybridized carbons (Fsp3) is 1.00. The van der Waals surface area contributed by atoms with Crippen molar-refractivity contribution in [2.24, 2.45) is 5.41 Å². The van der Waals surface area contributed by atoms with Gasteiger partial charge in [-0.3, -0.25) is 0 Å². The lowest BCUT2D eigenvalue weighted by atomic mass is 9.69. The van der Waals surface area contributed by atoms with Crippen LogP contribution in [0, 0.1) is 5.41 Å². The summed E-state index contributed by atoms with van der Waals surface area (Å²) in [6.07, 6.45) is -33.2. The van der Waals surface area contributed by atoms with Crippen molar-refractivity contribution in [1.29, 1.82) is 0 Å². The van der Waals surface area contributed by atoms with Crippen LogP contribution in [-0.2, 0) is 0 Å². The third-order valence-corrected chi connectivity index (χ3v) is 3.17. The van der Waals surface area contributed by atoms with E-state index in [9.17, 15) is 74.6 Å². The molecule has 0 N–H and O–H groups in total. The molecule has 0 fully saturated rings. The van der Waals surface area contributed by atoms with Gasteiger partial charge >= 0.3 is 41.7 Å². The molecule has 0 heterocycles. The van der Waals surface area contributed by atoms with Gasteiger partial charge in [-0.15, -0.1) is 0 Å². The van der Waals surface area contributed by atoms with Crippen molar-refractivity contribution in [2.45, 2.75) is 49.1 Å². The Bertz CT molecular complexity index is 455. The van der Waals surface area contributed by atoms with Crippen LogP contribution < -0.4 is 0 Å². The second kappa shape index (κ2) is 5.65. The van der Waals surface area contributed by atoms with E-state index in [4.69, 9.17) is 0 Å². The Morgan fingerprint density at radius 1 is 0.385 bits per heavy atom. The van der Waals surface area contributed by atoms with Gasteiger partial charge in [-0.1, -0.05) is 0 Å². The Kier molecular flexibility index (Phi) is 5.39. The van der Waals surface area contributed by atoms with Crippen LogP contribution in [0.25, 0.3) is 0 Å². The molecular formula is C9H3F17. The van der Waals surface area contributed by atoms with Gasteiger partial charge in [-0.05, 0) is 0 Å². The van der Waals surface area contributed by atoms with Crippen molar-refractivity contribution in [1.82, 2.24) is 0 Å². The smallest absolute Gasteiger partial charge is 0.220 e. The summed E-state index contributed by atoms with van der Waals surface area (Å²) in [6.45, 7) is -1.55. The first-order valence-electron chi connectivity index (χ1n) is 5.46. The van der Waals surface area contributed by atoms with E-state index in [1.165, 1.54) is 0 Å². The van der Waals surface area contributed by atoms with Crippen LogP contribution in [-0.4, -0.2) is 42.2 Å². The van der Waals surface area contributed by atoms with Crippen LogP contribution in [0.3, 0.4) is 0 Å². The second-order valence-electron chi connectivity index (χ2n) is 4.86. The van der Waals surface area contributed by atoms with Crippen molar-refractivity contribution in [3.63, 3.8) is 0 Å². The van der Waals surface area contributed by atoms with Gasteiger partial charge in [0.05, 0.1) is 0 Å². The quantitative estimate of drug-likeness (QED) is 0.463. The number of halogens is 17. The monoisotopic (exact) mass is 434 g/mol. The molecule has 158 valence electrons. The van der Waals surface area contributed by atoms with E-state index in [1.807, 2.05) is 0 Å². The van der Waals surface area contributed by atoms with Gasteiger partial charge in [0.1, 0.15) is 0 Å². The molecule has 0 aromatic rings. The Morgan fingerprint density at radius 2 is 0.615 bits per heavy atom. The molecule has 0 aliphatic heterocycles. The summed E-state index contributed by atoms with van der Waals surface area (Å²) >= 11 is 0. The van der Waals surface area contributed by atoms with Crippen molar-refractivity contribution in [2.75, 3.05) is 0 Å². The van der Waals surface area contributed by atoms with Crippen LogP contribution in [0.2, 0.25) is 0 Å². The maximum Gasteiger partial charge on any atom is 0.434 e. The summed E-state index contributed by atoms with van der Waals surface area (Å²) in [5, 5.41) is 0. The van der Waals surface area contributed by atoms with Crippen LogP contribution >= 0.6 is 0 Å². The van der Waals surface area contributed by atoms with E-state index in [0.717, 1.165) is 0 Å². The molecule has 0 saturated heterocycles. The minimum absolute atomic E-state index is 1.55. The second-order valence-corrected chi connectivity index (χ2v) is 4.86. The van der Waals surface area contributed by atoms with Crippen LogP contribution in [0.4, 0.5) is 74.6 Å². The van der Waals surface area contributed by atoms with Gasteiger partial charge in [-0.25, -0.2) is 22.0 Å². The molecule has 0 rings (SSSR count). The number of hydrogen-bond acceptors (Lipinski definition) is 0. The average molecular weight is 434 g/mol. The van der Waals surface area contributed by atoms with E-state index < -0.39 is 54.6 Å². The number of rotatable bonds is 3. The summed E-state index contributed by atoms with van der Waals surface area (Å²) in [6, 6.07) is 0. The first-order chi connectivity index (χ1) is 10.8. The summed E-state index contributed by atoms with van der Waals surface area (Å²) in [7, 11) is 0.